The van der Waals surface area contributed by atoms with E-state index in [0.717, 1.165) is 12.8 Å². The second-order valence-corrected chi connectivity index (χ2v) is 7.04. The summed E-state index contributed by atoms with van der Waals surface area (Å²) < 4.78 is 3.42. The standard InChI is InChI=1S/C18H21N7O2/c1-2-3-8-18(22-23-18)9-6-15(26)19-10-7-14-20-21-16-17(27)24(13-4-5-13)11-12-25(14)16/h1,11-13H,3-10H2,(H,19,26). The second kappa shape index (κ2) is 6.95. The number of hydrogen-bond donors (Lipinski definition) is 1. The lowest BCUT2D eigenvalue weighted by atomic mass is 10.0. The minimum atomic E-state index is -0.436. The summed E-state index contributed by atoms with van der Waals surface area (Å²) in [5.74, 6) is 3.17. The highest BCUT2D eigenvalue weighted by atomic mass is 16.1. The number of terminal acetylenes is 1. The van der Waals surface area contributed by atoms with E-state index in [0.29, 0.717) is 56.2 Å². The Morgan fingerprint density at radius 3 is 2.81 bits per heavy atom. The van der Waals surface area contributed by atoms with Gasteiger partial charge in [0, 0.05) is 57.1 Å². The molecule has 1 fully saturated rings. The number of carbonyl (C=O) groups is 1. The summed E-state index contributed by atoms with van der Waals surface area (Å²) in [6, 6.07) is 0.302. The van der Waals surface area contributed by atoms with E-state index in [1.165, 1.54) is 0 Å². The van der Waals surface area contributed by atoms with Gasteiger partial charge in [-0.1, -0.05) is 0 Å². The number of fused-ring (bicyclic) bond motifs is 1. The largest absolute Gasteiger partial charge is 0.356 e. The topological polar surface area (TPSA) is 106 Å². The normalized spacial score (nSPS) is 17.0. The Kier molecular flexibility index (Phi) is 4.48. The van der Waals surface area contributed by atoms with Gasteiger partial charge in [-0.05, 0) is 12.8 Å². The molecule has 140 valence electrons. The highest BCUT2D eigenvalue weighted by molar-refractivity contribution is 5.76. The third-order valence-electron chi connectivity index (χ3n) is 4.98. The molecule has 0 radical (unpaired) electrons. The van der Waals surface area contributed by atoms with Crippen molar-refractivity contribution in [2.45, 2.75) is 56.7 Å². The molecule has 0 bridgehead atoms. The Hall–Kier alpha value is -3.02. The first-order valence-electron chi connectivity index (χ1n) is 9.21. The highest BCUT2D eigenvalue weighted by Crippen LogP contribution is 2.37. The van der Waals surface area contributed by atoms with Crippen molar-refractivity contribution in [3.8, 4) is 12.3 Å². The van der Waals surface area contributed by atoms with Crippen LogP contribution in [-0.4, -0.2) is 37.3 Å². The van der Waals surface area contributed by atoms with Crippen molar-refractivity contribution in [1.82, 2.24) is 24.5 Å². The lowest BCUT2D eigenvalue weighted by Crippen LogP contribution is -2.27. The monoisotopic (exact) mass is 367 g/mol. The fourth-order valence-electron chi connectivity index (χ4n) is 3.14. The molecule has 1 amide bonds. The predicted molar refractivity (Wildman–Crippen MR) is 97.1 cm³/mol. The molecule has 1 N–H and O–H groups in total. The van der Waals surface area contributed by atoms with Crippen LogP contribution in [0.3, 0.4) is 0 Å². The number of nitrogens with one attached hydrogen (secondary N) is 1. The van der Waals surface area contributed by atoms with Gasteiger partial charge in [0.15, 0.2) is 5.66 Å². The van der Waals surface area contributed by atoms with Gasteiger partial charge in [-0.3, -0.25) is 14.0 Å². The van der Waals surface area contributed by atoms with Gasteiger partial charge in [-0.25, -0.2) is 0 Å². The van der Waals surface area contributed by atoms with Gasteiger partial charge < -0.3 is 9.88 Å². The molecule has 2 aromatic heterocycles. The number of rotatable bonds is 9. The van der Waals surface area contributed by atoms with Gasteiger partial charge in [0.1, 0.15) is 5.82 Å². The van der Waals surface area contributed by atoms with Crippen LogP contribution in [0.1, 0.15) is 50.4 Å². The maximum absolute atomic E-state index is 12.4. The van der Waals surface area contributed by atoms with E-state index in [-0.39, 0.29) is 11.5 Å². The average molecular weight is 367 g/mol. The van der Waals surface area contributed by atoms with Gasteiger partial charge in [0.05, 0.1) is 0 Å². The minimum absolute atomic E-state index is 0.0581. The average Bonchev–Trinajstić information content (AvgIpc) is 3.59. The molecule has 0 aromatic carbocycles. The molecule has 9 heteroatoms. The molecule has 1 aliphatic heterocycles. The zero-order valence-electron chi connectivity index (χ0n) is 15.0. The molecule has 9 nitrogen and oxygen atoms in total. The maximum Gasteiger partial charge on any atom is 0.296 e. The molecule has 4 rings (SSSR count). The van der Waals surface area contributed by atoms with Crippen LogP contribution >= 0.6 is 0 Å². The van der Waals surface area contributed by atoms with Crippen molar-refractivity contribution in [2.24, 2.45) is 10.2 Å². The summed E-state index contributed by atoms with van der Waals surface area (Å²) >= 11 is 0. The van der Waals surface area contributed by atoms with E-state index in [2.05, 4.69) is 31.7 Å². The third-order valence-corrected chi connectivity index (χ3v) is 4.98. The number of nitrogens with zero attached hydrogens (tertiary/aromatic N) is 6. The Balaban J connectivity index is 1.28. The van der Waals surface area contributed by atoms with E-state index in [1.54, 1.807) is 15.2 Å². The van der Waals surface area contributed by atoms with Crippen LogP contribution in [0.4, 0.5) is 0 Å². The zero-order valence-corrected chi connectivity index (χ0v) is 15.0. The highest BCUT2D eigenvalue weighted by Gasteiger charge is 2.39. The van der Waals surface area contributed by atoms with Gasteiger partial charge in [-0.2, -0.15) is 10.2 Å². The van der Waals surface area contributed by atoms with Crippen LogP contribution in [0, 0.1) is 12.3 Å². The maximum atomic E-state index is 12.4. The van der Waals surface area contributed by atoms with E-state index in [9.17, 15) is 9.59 Å². The summed E-state index contributed by atoms with van der Waals surface area (Å²) in [5, 5.41) is 19.0. The van der Waals surface area contributed by atoms with Crippen molar-refractivity contribution in [3.63, 3.8) is 0 Å². The van der Waals surface area contributed by atoms with Crippen molar-refractivity contribution >= 4 is 11.6 Å². The van der Waals surface area contributed by atoms with Crippen LogP contribution in [-0.2, 0) is 11.2 Å². The Morgan fingerprint density at radius 2 is 2.11 bits per heavy atom. The fraction of sp³-hybridized carbons (Fsp3) is 0.556. The molecule has 0 spiro atoms. The number of amides is 1. The first-order chi connectivity index (χ1) is 13.1. The molecule has 0 saturated heterocycles. The first kappa shape index (κ1) is 17.4. The number of hydrogen-bond acceptors (Lipinski definition) is 6. The van der Waals surface area contributed by atoms with Crippen molar-refractivity contribution in [1.29, 1.82) is 0 Å². The van der Waals surface area contributed by atoms with Crippen molar-refractivity contribution < 1.29 is 4.79 Å². The summed E-state index contributed by atoms with van der Waals surface area (Å²) in [7, 11) is 0. The summed E-state index contributed by atoms with van der Waals surface area (Å²) in [6.45, 7) is 0.428. The molecular weight excluding hydrogens is 346 g/mol. The Bertz CT molecular complexity index is 987. The van der Waals surface area contributed by atoms with Crippen LogP contribution in [0.5, 0.6) is 0 Å². The fourth-order valence-corrected chi connectivity index (χ4v) is 3.14. The van der Waals surface area contributed by atoms with E-state index < -0.39 is 5.66 Å². The number of aromatic nitrogens is 4. The van der Waals surface area contributed by atoms with Gasteiger partial charge >= 0.3 is 0 Å². The summed E-state index contributed by atoms with van der Waals surface area (Å²) in [5.41, 5.74) is -0.218. The summed E-state index contributed by atoms with van der Waals surface area (Å²) in [6.07, 6.45) is 13.7. The number of carbonyl (C=O) groups excluding carboxylic acids is 1. The second-order valence-electron chi connectivity index (χ2n) is 7.04. The Labute approximate surface area is 155 Å². The van der Waals surface area contributed by atoms with Crippen LogP contribution in [0.25, 0.3) is 5.65 Å². The zero-order chi connectivity index (χ0) is 18.9. The molecule has 2 aromatic rings. The van der Waals surface area contributed by atoms with Crippen molar-refractivity contribution in [3.05, 3.63) is 28.6 Å². The van der Waals surface area contributed by atoms with E-state index in [1.807, 2.05) is 6.20 Å². The molecule has 3 heterocycles. The van der Waals surface area contributed by atoms with Gasteiger partial charge in [0.2, 0.25) is 11.6 Å². The molecule has 0 atom stereocenters. The summed E-state index contributed by atoms with van der Waals surface area (Å²) in [4.78, 5) is 24.4. The van der Waals surface area contributed by atoms with Crippen LogP contribution < -0.4 is 10.9 Å². The van der Waals surface area contributed by atoms with E-state index in [4.69, 9.17) is 6.42 Å². The van der Waals surface area contributed by atoms with Gasteiger partial charge in [0.25, 0.3) is 5.56 Å². The lowest BCUT2D eigenvalue weighted by molar-refractivity contribution is -0.121. The molecule has 1 saturated carbocycles. The predicted octanol–water partition coefficient (Wildman–Crippen LogP) is 1.24. The third kappa shape index (κ3) is 3.74. The molecule has 27 heavy (non-hydrogen) atoms. The molecule has 2 aliphatic rings. The lowest BCUT2D eigenvalue weighted by Gasteiger charge is -2.09. The SMILES string of the molecule is C#CCCC1(CCC(=O)NCCc2nnc3c(=O)n(C4CC4)ccn23)N=N1. The van der Waals surface area contributed by atoms with Gasteiger partial charge in [-0.15, -0.1) is 22.5 Å². The van der Waals surface area contributed by atoms with E-state index >= 15 is 0 Å². The smallest absolute Gasteiger partial charge is 0.296 e. The molecule has 0 unspecified atom stereocenters. The Morgan fingerprint density at radius 1 is 1.30 bits per heavy atom. The van der Waals surface area contributed by atoms with Crippen LogP contribution in [0.15, 0.2) is 27.4 Å². The molecular formula is C18H21N7O2. The first-order valence-corrected chi connectivity index (χ1v) is 9.21. The quantitative estimate of drug-likeness (QED) is 0.673. The van der Waals surface area contributed by atoms with Crippen molar-refractivity contribution in [2.75, 3.05) is 6.54 Å². The molecule has 1 aliphatic carbocycles. The minimum Gasteiger partial charge on any atom is -0.356 e. The van der Waals surface area contributed by atoms with Crippen LogP contribution in [0.2, 0.25) is 0 Å².